The fraction of sp³-hybridized carbons (Fsp3) is 0.535. The van der Waals surface area contributed by atoms with Gasteiger partial charge in [0.15, 0.2) is 16.6 Å². The van der Waals surface area contributed by atoms with Gasteiger partial charge in [-0.15, -0.1) is 0 Å². The van der Waals surface area contributed by atoms with Crippen molar-refractivity contribution in [2.24, 2.45) is 19.1 Å². The second kappa shape index (κ2) is 21.1. The Balaban J connectivity index is 0.000000577. The molecule has 3 unspecified atom stereocenters. The summed E-state index contributed by atoms with van der Waals surface area (Å²) in [7, 11) is 2.16. The van der Waals surface area contributed by atoms with Crippen LogP contribution >= 0.6 is 15.9 Å². The summed E-state index contributed by atoms with van der Waals surface area (Å²) < 4.78 is 33.5. The summed E-state index contributed by atoms with van der Waals surface area (Å²) in [6.45, 7) is 26.7. The monoisotopic (exact) mass is 881 g/mol. The van der Waals surface area contributed by atoms with Gasteiger partial charge in [0.05, 0.1) is 5.69 Å². The number of imidazole rings is 2. The number of aliphatic imine (C=N–C) groups is 1. The molecule has 2 aromatic heterocycles. The summed E-state index contributed by atoms with van der Waals surface area (Å²) in [4.78, 5) is 25.5. The second-order valence-corrected chi connectivity index (χ2v) is 27.5. The molecule has 0 saturated heterocycles. The van der Waals surface area contributed by atoms with Gasteiger partial charge in [0, 0.05) is 23.3 Å². The van der Waals surface area contributed by atoms with Gasteiger partial charge < -0.3 is 13.4 Å². The van der Waals surface area contributed by atoms with Crippen LogP contribution < -0.4 is 0 Å². The molecule has 10 nitrogen and oxygen atoms in total. The van der Waals surface area contributed by atoms with E-state index in [2.05, 4.69) is 125 Å². The SMILES string of the molecule is C.C.CC(O[Si](C)(C)C(C)(C)C)c1nc(-c2ccc(Br)cc2)cn1C.COC(=O)C(Cc1ccc(-c2cn(C)c(C(C)O[Si](C)(C)C(C)(C)C)n2)cc1)N=CB=O. The van der Waals surface area contributed by atoms with Crippen LogP contribution in [0.2, 0.25) is 36.3 Å². The normalized spacial score (nSPS) is 13.7. The van der Waals surface area contributed by atoms with Gasteiger partial charge in [-0.05, 0) is 62.2 Å². The summed E-state index contributed by atoms with van der Waals surface area (Å²) in [6, 6.07) is 15.3. The van der Waals surface area contributed by atoms with Gasteiger partial charge >= 0.3 is 134 Å². The van der Waals surface area contributed by atoms with E-state index in [1.54, 1.807) is 0 Å². The molecule has 2 heterocycles. The first kappa shape index (κ1) is 51.7. The van der Waals surface area contributed by atoms with Crippen LogP contribution in [0.15, 0.2) is 70.4 Å². The molecule has 0 spiro atoms. The Morgan fingerprint density at radius 1 is 0.789 bits per heavy atom. The summed E-state index contributed by atoms with van der Waals surface area (Å²) in [5.41, 5.74) is 4.86. The summed E-state index contributed by atoms with van der Waals surface area (Å²) in [6.07, 6.45) is 5.39. The molecule has 314 valence electrons. The van der Waals surface area contributed by atoms with Crippen LogP contribution in [-0.2, 0) is 43.6 Å². The number of ether oxygens (including phenoxy) is 1. The van der Waals surface area contributed by atoms with Crippen molar-refractivity contribution in [3.05, 3.63) is 82.6 Å². The third kappa shape index (κ3) is 13.9. The Bertz CT molecular complexity index is 1910. The molecule has 57 heavy (non-hydrogen) atoms. The molecule has 14 heteroatoms. The van der Waals surface area contributed by atoms with Gasteiger partial charge in [-0.2, -0.15) is 0 Å². The third-order valence-electron chi connectivity index (χ3n) is 10.7. The van der Waals surface area contributed by atoms with E-state index in [0.29, 0.717) is 13.6 Å². The van der Waals surface area contributed by atoms with Crippen molar-refractivity contribution in [3.8, 4) is 22.5 Å². The van der Waals surface area contributed by atoms with Gasteiger partial charge in [0.2, 0.25) is 0 Å². The van der Waals surface area contributed by atoms with Crippen molar-refractivity contribution in [1.29, 1.82) is 0 Å². The summed E-state index contributed by atoms with van der Waals surface area (Å²) in [5.74, 6) is 1.40. The van der Waals surface area contributed by atoms with Crippen LogP contribution in [-0.4, -0.2) is 68.1 Å². The predicted molar refractivity (Wildman–Crippen MR) is 246 cm³/mol. The average Bonchev–Trinajstić information content (AvgIpc) is 3.68. The van der Waals surface area contributed by atoms with E-state index in [9.17, 15) is 9.50 Å². The van der Waals surface area contributed by atoms with Crippen molar-refractivity contribution < 1.29 is 23.1 Å². The van der Waals surface area contributed by atoms with E-state index < -0.39 is 28.6 Å². The summed E-state index contributed by atoms with van der Waals surface area (Å²) in [5, 5.41) is 0.323. The number of esters is 1. The molecule has 0 aliphatic heterocycles. The van der Waals surface area contributed by atoms with Gasteiger partial charge in [-0.1, -0.05) is 84.5 Å². The molecule has 0 radical (unpaired) electrons. The number of carbonyl (C=O) groups excluding carboxylic acids is 1. The molecule has 3 atom stereocenters. The average molecular weight is 883 g/mol. The van der Waals surface area contributed by atoms with Crippen LogP contribution in [0.5, 0.6) is 0 Å². The van der Waals surface area contributed by atoms with E-state index in [1.807, 2.05) is 61.3 Å². The zero-order valence-electron chi connectivity index (χ0n) is 35.5. The molecule has 0 amide bonds. The minimum atomic E-state index is -1.91. The van der Waals surface area contributed by atoms with Gasteiger partial charge in [0.25, 0.3) is 0 Å². The Morgan fingerprint density at radius 2 is 1.18 bits per heavy atom. The Labute approximate surface area is 354 Å². The van der Waals surface area contributed by atoms with Crippen LogP contribution in [0.4, 0.5) is 0 Å². The third-order valence-corrected chi connectivity index (χ3v) is 20.4. The van der Waals surface area contributed by atoms with E-state index >= 15 is 0 Å². The topological polar surface area (TPSA) is 110 Å². The van der Waals surface area contributed by atoms with E-state index in [1.165, 1.54) is 7.11 Å². The predicted octanol–water partition coefficient (Wildman–Crippen LogP) is 11.5. The molecule has 4 aromatic rings. The molecule has 0 aliphatic rings. The van der Waals surface area contributed by atoms with Crippen molar-refractivity contribution in [2.45, 2.75) is 131 Å². The number of nitrogens with zero attached hydrogens (tertiary/aromatic N) is 5. The number of halogens is 1. The van der Waals surface area contributed by atoms with Gasteiger partial charge in [-0.3, -0.25) is 0 Å². The quantitative estimate of drug-likeness (QED) is 0.0747. The van der Waals surface area contributed by atoms with Crippen LogP contribution in [0.1, 0.15) is 99.7 Å². The Kier molecular flexibility index (Phi) is 19.1. The Hall–Kier alpha value is -3.30. The van der Waals surface area contributed by atoms with E-state index in [4.69, 9.17) is 23.6 Å². The van der Waals surface area contributed by atoms with Crippen molar-refractivity contribution in [2.75, 3.05) is 7.11 Å². The number of hydrogen-bond donors (Lipinski definition) is 0. The molecule has 0 fully saturated rings. The number of methoxy groups -OCH3 is 1. The number of benzene rings is 2. The molecule has 0 aliphatic carbocycles. The molecule has 2 aromatic carbocycles. The fourth-order valence-electron chi connectivity index (χ4n) is 5.47. The number of aromatic nitrogens is 4. The van der Waals surface area contributed by atoms with Gasteiger partial charge in [-0.25, -0.2) is 4.98 Å². The zero-order chi connectivity index (χ0) is 41.5. The van der Waals surface area contributed by atoms with Crippen molar-refractivity contribution in [3.63, 3.8) is 0 Å². The fourth-order valence-corrected chi connectivity index (χ4v) is 8.42. The van der Waals surface area contributed by atoms with Crippen LogP contribution in [0, 0.1) is 0 Å². The first-order valence-corrected chi connectivity index (χ1v) is 25.3. The first-order valence-electron chi connectivity index (χ1n) is 18.7. The molecular formula is C43H69BBrN5O5Si2. The van der Waals surface area contributed by atoms with E-state index in [-0.39, 0.29) is 37.1 Å². The standard InChI is InChI=1S/C23H34BN3O4Si.C18H27BrN2OSi.2CH4/c1-16(31-32(7,8)23(2,3)4)21-26-20(14-27(21)5)18-11-9-17(10-12-18)13-19(22(28)30-6)25-15-24-29;1-13(22-23(6,7)18(2,3)4)17-20-16(12-21(17)5)14-8-10-15(19)11-9-14;;/h9-12,14-16,19H,13H2,1-8H3;8-13H,1-7H3;2*1H4. The number of hydrogen-bond acceptors (Lipinski definition) is 8. The van der Waals surface area contributed by atoms with Crippen molar-refractivity contribution >= 4 is 51.8 Å². The minimum absolute atomic E-state index is 0. The molecule has 4 rings (SSSR count). The zero-order valence-corrected chi connectivity index (χ0v) is 39.1. The number of rotatable bonds is 13. The van der Waals surface area contributed by atoms with Gasteiger partial charge in [0.1, 0.15) is 11.9 Å². The summed E-state index contributed by atoms with van der Waals surface area (Å²) >= 11 is 3.47. The maximum absolute atomic E-state index is 11.9. The first-order chi connectivity index (χ1) is 25.4. The van der Waals surface area contributed by atoms with Crippen LogP contribution in [0.25, 0.3) is 22.5 Å². The molecular weight excluding hydrogens is 813 g/mol. The van der Waals surface area contributed by atoms with E-state index in [0.717, 1.165) is 50.3 Å². The molecule has 0 saturated carbocycles. The van der Waals surface area contributed by atoms with Crippen molar-refractivity contribution in [1.82, 2.24) is 19.1 Å². The number of aryl methyl sites for hydroxylation is 2. The second-order valence-electron chi connectivity index (χ2n) is 17.1. The molecule has 0 bridgehead atoms. The maximum atomic E-state index is 11.9. The molecule has 0 N–H and O–H groups in total. The number of carbonyl (C=O) groups is 1. The van der Waals surface area contributed by atoms with Crippen LogP contribution in [0.3, 0.4) is 0 Å². The Morgan fingerprint density at radius 3 is 1.53 bits per heavy atom.